The first-order chi connectivity index (χ1) is 12.0. The Bertz CT molecular complexity index is 854. The van der Waals surface area contributed by atoms with E-state index in [1.165, 1.54) is 28.8 Å². The van der Waals surface area contributed by atoms with Crippen LogP contribution >= 0.6 is 11.8 Å². The summed E-state index contributed by atoms with van der Waals surface area (Å²) in [4.78, 5) is 35.0. The molecule has 134 valence electrons. The maximum absolute atomic E-state index is 12.6. The van der Waals surface area contributed by atoms with Crippen LogP contribution in [0.5, 0.6) is 0 Å². The highest BCUT2D eigenvalue weighted by Crippen LogP contribution is 2.35. The largest absolute Gasteiger partial charge is 0.341 e. The number of H-pyrrole nitrogens is 1. The number of aromatic amines is 1. The molecule has 8 nitrogen and oxygen atoms in total. The molecule has 4 rings (SSSR count). The molecule has 2 aromatic rings. The molecular weight excluding hydrogens is 340 g/mol. The Morgan fingerprint density at radius 3 is 3.08 bits per heavy atom. The summed E-state index contributed by atoms with van der Waals surface area (Å²) in [6.45, 7) is 5.51. The van der Waals surface area contributed by atoms with Crippen LogP contribution < -0.4 is 10.9 Å². The molecule has 1 amide bonds. The van der Waals surface area contributed by atoms with Crippen molar-refractivity contribution >= 4 is 23.4 Å². The summed E-state index contributed by atoms with van der Waals surface area (Å²) in [6, 6.07) is 1.45. The topological polar surface area (TPSA) is 95.4 Å². The van der Waals surface area contributed by atoms with Gasteiger partial charge in [0.1, 0.15) is 0 Å². The van der Waals surface area contributed by atoms with Gasteiger partial charge in [-0.15, -0.1) is 0 Å². The van der Waals surface area contributed by atoms with Gasteiger partial charge in [0.2, 0.25) is 5.91 Å². The highest BCUT2D eigenvalue weighted by Gasteiger charge is 2.39. The van der Waals surface area contributed by atoms with Gasteiger partial charge in [0, 0.05) is 36.8 Å². The number of fused-ring (bicyclic) bond motifs is 1. The quantitative estimate of drug-likeness (QED) is 0.769. The lowest BCUT2D eigenvalue weighted by atomic mass is 9.79. The molecule has 0 aromatic carbocycles. The van der Waals surface area contributed by atoms with E-state index >= 15 is 0 Å². The van der Waals surface area contributed by atoms with Crippen LogP contribution in [0, 0.1) is 12.3 Å². The third kappa shape index (κ3) is 3.30. The number of hydrogen-bond acceptors (Lipinski definition) is 6. The van der Waals surface area contributed by atoms with Crippen LogP contribution in [0.1, 0.15) is 25.0 Å². The van der Waals surface area contributed by atoms with Crippen molar-refractivity contribution in [1.29, 1.82) is 0 Å². The summed E-state index contributed by atoms with van der Waals surface area (Å²) >= 11 is 1.32. The van der Waals surface area contributed by atoms with Crippen LogP contribution in [0.2, 0.25) is 0 Å². The minimum Gasteiger partial charge on any atom is -0.341 e. The van der Waals surface area contributed by atoms with Gasteiger partial charge in [-0.05, 0) is 32.7 Å². The summed E-state index contributed by atoms with van der Waals surface area (Å²) in [7, 11) is 0. The Hall–Kier alpha value is -1.87. The normalized spacial score (nSPS) is 23.6. The lowest BCUT2D eigenvalue weighted by Gasteiger charge is -2.40. The van der Waals surface area contributed by atoms with Crippen LogP contribution in [0.4, 0.5) is 0 Å². The van der Waals surface area contributed by atoms with Crippen LogP contribution in [0.15, 0.2) is 16.0 Å². The maximum atomic E-state index is 12.6. The number of aryl methyl sites for hydroxylation is 1. The molecule has 25 heavy (non-hydrogen) atoms. The molecule has 0 bridgehead atoms. The van der Waals surface area contributed by atoms with Gasteiger partial charge in [0.05, 0.1) is 5.75 Å². The number of rotatable bonds is 3. The Kier molecular flexibility index (Phi) is 4.28. The molecule has 0 unspecified atom stereocenters. The fourth-order valence-corrected chi connectivity index (χ4v) is 4.57. The zero-order valence-electron chi connectivity index (χ0n) is 14.2. The average Bonchev–Trinajstić information content (AvgIpc) is 3.20. The fourth-order valence-electron chi connectivity index (χ4n) is 3.82. The van der Waals surface area contributed by atoms with Crippen molar-refractivity contribution in [3.05, 3.63) is 22.1 Å². The standard InChI is InChI=1S/C16H22N6O2S/c1-11-7-12(23)22-14(18-11)19-15(20-22)25-8-13(24)21-6-2-3-16(10-21)4-5-17-9-16/h7,17H,2-6,8-10H2,1H3,(H,18,19,20)/t16-/m0/s1. The number of amides is 1. The summed E-state index contributed by atoms with van der Waals surface area (Å²) in [6.07, 6.45) is 3.43. The maximum Gasteiger partial charge on any atom is 0.274 e. The first-order valence-electron chi connectivity index (χ1n) is 8.62. The number of nitrogens with zero attached hydrogens (tertiary/aromatic N) is 4. The Morgan fingerprint density at radius 2 is 2.28 bits per heavy atom. The third-order valence-electron chi connectivity index (χ3n) is 5.12. The van der Waals surface area contributed by atoms with Gasteiger partial charge in [-0.1, -0.05) is 11.8 Å². The van der Waals surface area contributed by atoms with Crippen LogP contribution in [0.3, 0.4) is 0 Å². The molecule has 4 heterocycles. The van der Waals surface area contributed by atoms with Crippen molar-refractivity contribution in [2.24, 2.45) is 5.41 Å². The van der Waals surface area contributed by atoms with E-state index in [9.17, 15) is 9.59 Å². The van der Waals surface area contributed by atoms with E-state index in [1.54, 1.807) is 6.92 Å². The minimum absolute atomic E-state index is 0.132. The second kappa shape index (κ2) is 6.45. The number of aromatic nitrogens is 4. The average molecular weight is 362 g/mol. The van der Waals surface area contributed by atoms with Gasteiger partial charge in [-0.2, -0.15) is 9.50 Å². The molecular formula is C16H22N6O2S. The second-order valence-electron chi connectivity index (χ2n) is 7.03. The van der Waals surface area contributed by atoms with Crippen molar-refractivity contribution < 1.29 is 4.79 Å². The molecule has 2 fully saturated rings. The molecule has 1 spiro atoms. The predicted octanol–water partition coefficient (Wildman–Crippen LogP) is 0.420. The molecule has 2 saturated heterocycles. The first kappa shape index (κ1) is 16.6. The summed E-state index contributed by atoms with van der Waals surface area (Å²) < 4.78 is 1.31. The van der Waals surface area contributed by atoms with Crippen LogP contribution in [0.25, 0.3) is 5.78 Å². The van der Waals surface area contributed by atoms with Gasteiger partial charge in [-0.25, -0.2) is 4.98 Å². The second-order valence-corrected chi connectivity index (χ2v) is 8.00. The van der Waals surface area contributed by atoms with Gasteiger partial charge in [0.15, 0.2) is 5.16 Å². The van der Waals surface area contributed by atoms with Crippen LogP contribution in [-0.4, -0.2) is 62.3 Å². The van der Waals surface area contributed by atoms with E-state index < -0.39 is 0 Å². The van der Waals surface area contributed by atoms with E-state index in [2.05, 4.69) is 20.4 Å². The molecule has 2 N–H and O–H groups in total. The van der Waals surface area contributed by atoms with Gasteiger partial charge in [0.25, 0.3) is 11.3 Å². The number of thioether (sulfide) groups is 1. The zero-order chi connectivity index (χ0) is 17.4. The number of carbonyl (C=O) groups is 1. The Labute approximate surface area is 149 Å². The van der Waals surface area contributed by atoms with E-state index in [0.717, 1.165) is 39.0 Å². The number of hydrogen-bond donors (Lipinski definition) is 2. The lowest BCUT2D eigenvalue weighted by molar-refractivity contribution is -0.131. The third-order valence-corrected chi connectivity index (χ3v) is 5.96. The predicted molar refractivity (Wildman–Crippen MR) is 94.8 cm³/mol. The number of likely N-dealkylation sites (tertiary alicyclic amines) is 1. The number of nitrogens with one attached hydrogen (secondary N) is 2. The van der Waals surface area contributed by atoms with E-state index in [4.69, 9.17) is 0 Å². The van der Waals surface area contributed by atoms with Crippen molar-refractivity contribution in [3.8, 4) is 0 Å². The SMILES string of the molecule is Cc1cc(=O)n2[nH]c(SCC(=O)N3CCC[C@@]4(CCNC4)C3)nc2n1. The molecule has 2 aliphatic heterocycles. The molecule has 0 radical (unpaired) electrons. The molecule has 2 aromatic heterocycles. The van der Waals surface area contributed by atoms with Crippen molar-refractivity contribution in [2.45, 2.75) is 31.3 Å². The minimum atomic E-state index is -0.195. The number of piperidine rings is 1. The van der Waals surface area contributed by atoms with E-state index in [-0.39, 0.29) is 16.9 Å². The van der Waals surface area contributed by atoms with Gasteiger partial charge in [-0.3, -0.25) is 14.7 Å². The molecule has 1 atom stereocenters. The van der Waals surface area contributed by atoms with Gasteiger partial charge >= 0.3 is 0 Å². The van der Waals surface area contributed by atoms with Crippen molar-refractivity contribution in [1.82, 2.24) is 29.8 Å². The molecule has 9 heteroatoms. The molecule has 0 saturated carbocycles. The summed E-state index contributed by atoms with van der Waals surface area (Å²) in [5.41, 5.74) is 0.708. The van der Waals surface area contributed by atoms with E-state index in [1.807, 2.05) is 4.90 Å². The number of carbonyl (C=O) groups excluding carboxylic acids is 1. The Balaban J connectivity index is 1.41. The summed E-state index contributed by atoms with van der Waals surface area (Å²) in [5, 5.41) is 6.88. The monoisotopic (exact) mass is 362 g/mol. The van der Waals surface area contributed by atoms with Crippen molar-refractivity contribution in [2.75, 3.05) is 31.9 Å². The highest BCUT2D eigenvalue weighted by molar-refractivity contribution is 7.99. The lowest BCUT2D eigenvalue weighted by Crippen LogP contribution is -2.47. The first-order valence-corrected chi connectivity index (χ1v) is 9.61. The van der Waals surface area contributed by atoms with E-state index in [0.29, 0.717) is 22.4 Å². The molecule has 0 aliphatic carbocycles. The molecule has 2 aliphatic rings. The smallest absolute Gasteiger partial charge is 0.274 e. The summed E-state index contributed by atoms with van der Waals surface area (Å²) in [5.74, 6) is 0.790. The van der Waals surface area contributed by atoms with Gasteiger partial charge < -0.3 is 10.2 Å². The van der Waals surface area contributed by atoms with Crippen LogP contribution in [-0.2, 0) is 4.79 Å². The highest BCUT2D eigenvalue weighted by atomic mass is 32.2. The Morgan fingerprint density at radius 1 is 1.40 bits per heavy atom. The fraction of sp³-hybridized carbons (Fsp3) is 0.625. The zero-order valence-corrected chi connectivity index (χ0v) is 15.1. The van der Waals surface area contributed by atoms with Crippen molar-refractivity contribution in [3.63, 3.8) is 0 Å².